The van der Waals surface area contributed by atoms with E-state index in [-0.39, 0.29) is 18.4 Å². The van der Waals surface area contributed by atoms with Gasteiger partial charge in [-0.15, -0.1) is 0 Å². The Balaban J connectivity index is 1.75. The van der Waals surface area contributed by atoms with Crippen molar-refractivity contribution in [2.75, 3.05) is 25.5 Å². The van der Waals surface area contributed by atoms with E-state index in [0.717, 1.165) is 12.8 Å². The van der Waals surface area contributed by atoms with Gasteiger partial charge >= 0.3 is 12.0 Å². The quantitative estimate of drug-likeness (QED) is 0.766. The first-order valence-corrected chi connectivity index (χ1v) is 8.56. The molecule has 0 radical (unpaired) electrons. The predicted molar refractivity (Wildman–Crippen MR) is 92.8 cm³/mol. The first-order valence-electron chi connectivity index (χ1n) is 8.18. The number of fused-ring (bicyclic) bond motifs is 1. The third-order valence-corrected chi connectivity index (χ3v) is 5.61. The van der Waals surface area contributed by atoms with Gasteiger partial charge in [0, 0.05) is 25.7 Å². The van der Waals surface area contributed by atoms with Crippen LogP contribution in [0.3, 0.4) is 0 Å². The summed E-state index contributed by atoms with van der Waals surface area (Å²) >= 11 is 6.11. The van der Waals surface area contributed by atoms with Gasteiger partial charge in [0.1, 0.15) is 0 Å². The van der Waals surface area contributed by atoms with Crippen molar-refractivity contribution in [2.45, 2.75) is 19.3 Å². The minimum absolute atomic E-state index is 0.0107. The van der Waals surface area contributed by atoms with Gasteiger partial charge in [0.05, 0.1) is 16.1 Å². The second-order valence-electron chi connectivity index (χ2n) is 6.63. The molecular formula is C17H20ClN3O4. The summed E-state index contributed by atoms with van der Waals surface area (Å²) in [5.41, 5.74) is -0.123. The normalized spacial score (nSPS) is 24.7. The van der Waals surface area contributed by atoms with Crippen molar-refractivity contribution in [1.82, 2.24) is 10.2 Å². The summed E-state index contributed by atoms with van der Waals surface area (Å²) in [5, 5.41) is 15.1. The van der Waals surface area contributed by atoms with E-state index in [1.54, 1.807) is 12.1 Å². The van der Waals surface area contributed by atoms with Crippen LogP contribution in [0.5, 0.6) is 0 Å². The summed E-state index contributed by atoms with van der Waals surface area (Å²) in [6, 6.07) is 4.21. The highest BCUT2D eigenvalue weighted by atomic mass is 35.5. The molecule has 1 saturated carbocycles. The van der Waals surface area contributed by atoms with Crippen LogP contribution in [0.15, 0.2) is 18.2 Å². The van der Waals surface area contributed by atoms with Crippen molar-refractivity contribution < 1.29 is 19.5 Å². The Morgan fingerprint density at radius 3 is 2.76 bits per heavy atom. The van der Waals surface area contributed by atoms with Crippen LogP contribution in [0, 0.1) is 11.3 Å². The molecule has 7 nitrogen and oxygen atoms in total. The molecule has 1 saturated heterocycles. The number of carbonyl (C=O) groups excluding carboxylic acids is 2. The maximum absolute atomic E-state index is 12.6. The number of hydrogen-bond acceptors (Lipinski definition) is 3. The fourth-order valence-electron chi connectivity index (χ4n) is 3.89. The Bertz CT molecular complexity index is 739. The molecule has 2 aliphatic rings. The summed E-state index contributed by atoms with van der Waals surface area (Å²) in [6.45, 7) is 0.622. The van der Waals surface area contributed by atoms with Crippen LogP contribution in [-0.2, 0) is 4.79 Å². The average Bonchev–Trinajstić information content (AvgIpc) is 3.14. The number of rotatable bonds is 3. The van der Waals surface area contributed by atoms with Gasteiger partial charge in [0.2, 0.25) is 0 Å². The van der Waals surface area contributed by atoms with Crippen LogP contribution in [0.25, 0.3) is 0 Å². The van der Waals surface area contributed by atoms with Crippen LogP contribution < -0.4 is 10.6 Å². The Morgan fingerprint density at radius 2 is 2.12 bits per heavy atom. The summed E-state index contributed by atoms with van der Waals surface area (Å²) in [4.78, 5) is 37.5. The molecule has 1 aliphatic carbocycles. The van der Waals surface area contributed by atoms with E-state index in [1.807, 2.05) is 0 Å². The lowest BCUT2D eigenvalue weighted by atomic mass is 9.81. The van der Waals surface area contributed by atoms with Gasteiger partial charge in [0.25, 0.3) is 5.91 Å². The highest BCUT2D eigenvalue weighted by Gasteiger charge is 2.55. The minimum Gasteiger partial charge on any atom is -0.481 e. The van der Waals surface area contributed by atoms with Crippen molar-refractivity contribution in [1.29, 1.82) is 0 Å². The number of urea groups is 1. The fourth-order valence-corrected chi connectivity index (χ4v) is 4.06. The highest BCUT2D eigenvalue weighted by Crippen LogP contribution is 2.49. The van der Waals surface area contributed by atoms with Gasteiger partial charge in [-0.05, 0) is 37.0 Å². The zero-order valence-electron chi connectivity index (χ0n) is 13.8. The molecule has 1 aromatic carbocycles. The molecule has 3 amide bonds. The molecule has 0 bridgehead atoms. The van der Waals surface area contributed by atoms with Crippen molar-refractivity contribution >= 4 is 35.2 Å². The third-order valence-electron chi connectivity index (χ3n) is 5.28. The number of carboxylic acid groups (broad SMARTS) is 1. The molecule has 2 atom stereocenters. The molecule has 3 rings (SSSR count). The van der Waals surface area contributed by atoms with Crippen LogP contribution in [0.4, 0.5) is 10.5 Å². The molecule has 1 aromatic rings. The second kappa shape index (κ2) is 6.55. The number of hydrogen-bond donors (Lipinski definition) is 3. The highest BCUT2D eigenvalue weighted by molar-refractivity contribution is 6.33. The topological polar surface area (TPSA) is 98.7 Å². The van der Waals surface area contributed by atoms with E-state index in [2.05, 4.69) is 10.6 Å². The summed E-state index contributed by atoms with van der Waals surface area (Å²) in [7, 11) is 1.52. The van der Waals surface area contributed by atoms with Crippen LogP contribution in [0.1, 0.15) is 29.6 Å². The lowest BCUT2D eigenvalue weighted by Gasteiger charge is -2.23. The van der Waals surface area contributed by atoms with E-state index in [4.69, 9.17) is 11.6 Å². The molecule has 0 aromatic heterocycles. The predicted octanol–water partition coefficient (Wildman–Crippen LogP) is 2.42. The lowest BCUT2D eigenvalue weighted by Crippen LogP contribution is -2.38. The van der Waals surface area contributed by atoms with Gasteiger partial charge in [-0.2, -0.15) is 0 Å². The molecule has 0 unspecified atom stereocenters. The van der Waals surface area contributed by atoms with Gasteiger partial charge in [-0.3, -0.25) is 9.59 Å². The van der Waals surface area contributed by atoms with Crippen LogP contribution >= 0.6 is 11.6 Å². The van der Waals surface area contributed by atoms with Gasteiger partial charge < -0.3 is 20.6 Å². The van der Waals surface area contributed by atoms with E-state index < -0.39 is 17.4 Å². The Hall–Kier alpha value is -2.28. The van der Waals surface area contributed by atoms with E-state index in [1.165, 1.54) is 18.0 Å². The number of anilines is 1. The van der Waals surface area contributed by atoms with Crippen molar-refractivity contribution in [2.24, 2.45) is 11.3 Å². The smallest absolute Gasteiger partial charge is 0.321 e. The molecule has 1 aliphatic heterocycles. The number of likely N-dealkylation sites (tertiary alicyclic amines) is 1. The van der Waals surface area contributed by atoms with Crippen molar-refractivity contribution in [3.05, 3.63) is 28.8 Å². The number of nitrogens with one attached hydrogen (secondary N) is 2. The zero-order chi connectivity index (χ0) is 18.2. The molecule has 0 spiro atoms. The molecular weight excluding hydrogens is 346 g/mol. The lowest BCUT2D eigenvalue weighted by molar-refractivity contribution is -0.149. The minimum atomic E-state index is -0.829. The van der Waals surface area contributed by atoms with Crippen molar-refractivity contribution in [3.63, 3.8) is 0 Å². The third kappa shape index (κ3) is 3.04. The fraction of sp³-hybridized carbons (Fsp3) is 0.471. The molecule has 134 valence electrons. The second-order valence-corrected chi connectivity index (χ2v) is 7.04. The first kappa shape index (κ1) is 17.5. The van der Waals surface area contributed by atoms with Crippen molar-refractivity contribution in [3.8, 4) is 0 Å². The largest absolute Gasteiger partial charge is 0.481 e. The number of nitrogens with zero attached hydrogens (tertiary/aromatic N) is 1. The Morgan fingerprint density at radius 1 is 1.36 bits per heavy atom. The summed E-state index contributed by atoms with van der Waals surface area (Å²) in [6.07, 6.45) is 2.30. The molecule has 8 heteroatoms. The van der Waals surface area contributed by atoms with E-state index >= 15 is 0 Å². The molecule has 25 heavy (non-hydrogen) atoms. The summed E-state index contributed by atoms with van der Waals surface area (Å²) in [5.74, 6) is -1.12. The average molecular weight is 366 g/mol. The summed E-state index contributed by atoms with van der Waals surface area (Å²) < 4.78 is 0. The number of amides is 3. The number of carbonyl (C=O) groups is 3. The Labute approximate surface area is 150 Å². The van der Waals surface area contributed by atoms with E-state index in [0.29, 0.717) is 29.2 Å². The maximum atomic E-state index is 12.6. The maximum Gasteiger partial charge on any atom is 0.321 e. The Kier molecular flexibility index (Phi) is 4.60. The monoisotopic (exact) mass is 365 g/mol. The zero-order valence-corrected chi connectivity index (χ0v) is 14.6. The number of aliphatic carboxylic acids is 1. The number of benzene rings is 1. The van der Waals surface area contributed by atoms with Gasteiger partial charge in [-0.25, -0.2) is 4.79 Å². The van der Waals surface area contributed by atoms with Crippen LogP contribution in [0.2, 0.25) is 5.02 Å². The first-order chi connectivity index (χ1) is 11.9. The number of carboxylic acids is 1. The van der Waals surface area contributed by atoms with Gasteiger partial charge in [0.15, 0.2) is 0 Å². The van der Waals surface area contributed by atoms with E-state index in [9.17, 15) is 19.5 Å². The molecule has 3 N–H and O–H groups in total. The molecule has 1 heterocycles. The van der Waals surface area contributed by atoms with Gasteiger partial charge in [-0.1, -0.05) is 18.0 Å². The van der Waals surface area contributed by atoms with Crippen LogP contribution in [-0.4, -0.2) is 48.1 Å². The molecule has 2 fully saturated rings. The number of halogens is 1. The SMILES string of the molecule is CNC(=O)c1ccc(Cl)c(NC(=O)N2C[C@@H]3CCC[C@@]3(C(=O)O)C2)c1. The standard InChI is InChI=1S/C17H20ClN3O4/c1-19-14(22)10-4-5-12(18)13(7-10)20-16(25)21-8-11-3-2-6-17(11,9-21)15(23)24/h4-5,7,11H,2-3,6,8-9H2,1H3,(H,19,22)(H,20,25)(H,23,24)/t11-,17+/m0/s1.